The smallest absolute Gasteiger partial charge is 0.335 e. The number of carbonyl (C=O) groups is 5. The van der Waals surface area contributed by atoms with Gasteiger partial charge in [-0.25, -0.2) is 4.79 Å². The van der Waals surface area contributed by atoms with Gasteiger partial charge in [0, 0.05) is 89.1 Å². The fraction of sp³-hybridized carbons (Fsp3) is 0.0556. The number of hydrogen-bond acceptors (Lipinski definition) is 27. The number of aromatic carboxylic acids is 1. The number of hydrogen-bond donors (Lipinski definition) is 10. The zero-order chi connectivity index (χ0) is 88.1. The highest BCUT2D eigenvalue weighted by molar-refractivity contribution is 7.86. The molecule has 624 valence electrons. The van der Waals surface area contributed by atoms with Crippen LogP contribution in [-0.4, -0.2) is 130 Å². The molecular weight excluding hydrogens is 1680 g/mol. The summed E-state index contributed by atoms with van der Waals surface area (Å²) in [4.78, 5) is 126. The van der Waals surface area contributed by atoms with Gasteiger partial charge < -0.3 is 55.4 Å². The van der Waals surface area contributed by atoms with Gasteiger partial charge in [-0.15, -0.1) is 0 Å². The Morgan fingerprint density at radius 2 is 0.897 bits per heavy atom. The number of aryl methyl sites for hydroxylation is 2. The number of fused-ring (bicyclic) bond motifs is 6. The van der Waals surface area contributed by atoms with E-state index in [9.17, 15) is 77.9 Å². The lowest BCUT2D eigenvalue weighted by atomic mass is 9.80. The van der Waals surface area contributed by atoms with Crippen LogP contribution in [-0.2, 0) is 50.9 Å². The van der Waals surface area contributed by atoms with E-state index in [2.05, 4.69) is 56.5 Å². The first-order valence-corrected chi connectivity index (χ1v) is 42.4. The van der Waals surface area contributed by atoms with Crippen LogP contribution >= 0.6 is 0 Å². The Labute approximate surface area is 711 Å². The molecular formula is C90H61N13O20S3. The Bertz CT molecular complexity index is 8010. The number of phenolic OH excluding ortho intramolecular Hbond substituents is 1. The monoisotopic (exact) mass is 1740 g/mol. The van der Waals surface area contributed by atoms with E-state index in [1.54, 1.807) is 127 Å². The van der Waals surface area contributed by atoms with Crippen molar-refractivity contribution in [1.29, 1.82) is 0 Å². The van der Waals surface area contributed by atoms with Crippen molar-refractivity contribution < 1.29 is 82.6 Å². The van der Waals surface area contributed by atoms with Gasteiger partial charge >= 0.3 is 18.0 Å². The first-order chi connectivity index (χ1) is 60.3. The molecule has 126 heavy (non-hydrogen) atoms. The van der Waals surface area contributed by atoms with Crippen molar-refractivity contribution in [3.05, 3.63) is 319 Å². The van der Waals surface area contributed by atoms with Gasteiger partial charge in [0.25, 0.3) is 41.5 Å². The molecule has 0 saturated carbocycles. The van der Waals surface area contributed by atoms with E-state index in [0.29, 0.717) is 38.0 Å². The number of benzene rings is 12. The number of carboxylic acids is 1. The maximum absolute atomic E-state index is 15.1. The molecule has 0 fully saturated rings. The third kappa shape index (κ3) is 15.2. The van der Waals surface area contributed by atoms with Crippen molar-refractivity contribution in [2.45, 2.75) is 21.1 Å². The number of nitrogens with zero attached hydrogens (tertiary/aromatic N) is 8. The number of pyridine rings is 2. The quantitative estimate of drug-likeness (QED) is 0.0144. The summed E-state index contributed by atoms with van der Waals surface area (Å²) in [6.07, 6.45) is -0.446. The van der Waals surface area contributed by atoms with Gasteiger partial charge in [-0.05, 0) is 160 Å². The number of carboxylic acid groups (broad SMARTS) is 1. The molecule has 0 unspecified atom stereocenters. The lowest BCUT2D eigenvalue weighted by molar-refractivity contribution is 0.0696. The maximum Gasteiger partial charge on any atom is 0.335 e. The molecule has 0 atom stereocenters. The molecule has 2 aliphatic rings. The summed E-state index contributed by atoms with van der Waals surface area (Å²) in [5.74, 6) is -4.06. The number of ketones is 4. The average Bonchev–Trinajstić information content (AvgIpc) is 0.710. The summed E-state index contributed by atoms with van der Waals surface area (Å²) in [5.41, 5.74) is -0.760. The number of carbonyl (C=O) groups excluding carboxylic acids is 4. The van der Waals surface area contributed by atoms with Crippen molar-refractivity contribution in [1.82, 2.24) is 39.0 Å². The average molecular weight is 1740 g/mol. The lowest BCUT2D eigenvalue weighted by Gasteiger charge is -2.26. The molecule has 0 amide bonds. The van der Waals surface area contributed by atoms with E-state index in [-0.39, 0.29) is 172 Å². The third-order valence-corrected chi connectivity index (χ3v) is 24.1. The summed E-state index contributed by atoms with van der Waals surface area (Å²) < 4.78 is 125. The van der Waals surface area contributed by atoms with Crippen LogP contribution in [0.25, 0.3) is 65.6 Å². The normalized spacial score (nSPS) is 12.2. The Hall–Kier alpha value is -16.1. The summed E-state index contributed by atoms with van der Waals surface area (Å²) in [6, 6.07) is 57.0. The van der Waals surface area contributed by atoms with Gasteiger partial charge in [-0.2, -0.15) is 55.2 Å². The fourth-order valence-electron chi connectivity index (χ4n) is 15.6. The van der Waals surface area contributed by atoms with Gasteiger partial charge in [0.05, 0.1) is 65.7 Å². The van der Waals surface area contributed by atoms with Gasteiger partial charge in [-0.3, -0.25) is 42.4 Å². The second kappa shape index (κ2) is 31.4. The van der Waals surface area contributed by atoms with Gasteiger partial charge in [0.2, 0.25) is 17.8 Å². The van der Waals surface area contributed by atoms with Crippen LogP contribution in [0.15, 0.2) is 261 Å². The molecule has 2 aliphatic carbocycles. The van der Waals surface area contributed by atoms with Crippen LogP contribution in [0.3, 0.4) is 0 Å². The number of aromatic nitrogens is 8. The Kier molecular flexibility index (Phi) is 20.2. The van der Waals surface area contributed by atoms with Crippen LogP contribution in [0, 0.1) is 0 Å². The topological polar surface area (TPSA) is 489 Å². The molecule has 0 spiro atoms. The van der Waals surface area contributed by atoms with E-state index >= 15 is 4.79 Å². The highest BCUT2D eigenvalue weighted by atomic mass is 32.2. The molecule has 33 nitrogen and oxygen atoms in total. The Morgan fingerprint density at radius 1 is 0.405 bits per heavy atom. The number of nitrogens with one attached hydrogen (secondary N) is 5. The predicted octanol–water partition coefficient (Wildman–Crippen LogP) is 14.0. The van der Waals surface area contributed by atoms with Gasteiger partial charge in [0.15, 0.2) is 23.1 Å². The van der Waals surface area contributed by atoms with Crippen molar-refractivity contribution in [3.63, 3.8) is 0 Å². The molecule has 18 rings (SSSR count). The number of ether oxygens (including phenoxy) is 2. The number of aromatic hydroxyl groups is 1. The summed E-state index contributed by atoms with van der Waals surface area (Å²) in [5, 5.41) is 38.3. The van der Waals surface area contributed by atoms with E-state index < -0.39 is 97.2 Å². The maximum atomic E-state index is 15.1. The van der Waals surface area contributed by atoms with Crippen molar-refractivity contribution in [2.24, 2.45) is 14.1 Å². The zero-order valence-corrected chi connectivity index (χ0v) is 67.7. The van der Waals surface area contributed by atoms with Gasteiger partial charge in [0.1, 0.15) is 28.0 Å². The highest BCUT2D eigenvalue weighted by Gasteiger charge is 2.38. The van der Waals surface area contributed by atoms with E-state index in [1.807, 2.05) is 0 Å². The van der Waals surface area contributed by atoms with Crippen molar-refractivity contribution >= 4 is 149 Å². The molecule has 0 bridgehead atoms. The number of phenols is 1. The minimum absolute atomic E-state index is 0.0113. The van der Waals surface area contributed by atoms with Crippen LogP contribution in [0.4, 0.5) is 46.3 Å². The lowest BCUT2D eigenvalue weighted by Crippen LogP contribution is -2.29. The molecule has 10 N–H and O–H groups in total. The summed E-state index contributed by atoms with van der Waals surface area (Å²) in [6.45, 7) is -0.174. The molecule has 16 aromatic rings. The molecule has 0 radical (unpaired) electrons. The van der Waals surface area contributed by atoms with Crippen LogP contribution < -0.4 is 47.2 Å². The molecule has 0 aliphatic heterocycles. The SMILES string of the molecule is Cn1c(=O)c(C(=O)c2ccccc2)c2c3c(c(Nc4ccc(S(=O)(=O)O)c(Cc5nc(NCCNc6nc(Nc7ccc(S(=O)(=O)O)c(Nc8ccc9c%10c8C(=O)c8ccccc8-c%10c(C(=O)c8cccc(S(=O)(=O)O)c8)c(=O)n9C)c7)nc(Oc7ccc8cc(C(=O)O)ccc8c7)n6)nc(Oc6ccc7cc(O)ccc7c6)n5)c4)ccc31)C(=O)c1ccccc1-2. The second-order valence-electron chi connectivity index (χ2n) is 29.2. The molecule has 4 heterocycles. The molecule has 12 aromatic carbocycles. The largest absolute Gasteiger partial charge is 0.508 e. The zero-order valence-electron chi connectivity index (χ0n) is 65.3. The molecule has 36 heteroatoms. The van der Waals surface area contributed by atoms with E-state index in [1.165, 1.54) is 104 Å². The Balaban J connectivity index is 0.676. The number of anilines is 8. The summed E-state index contributed by atoms with van der Waals surface area (Å²) in [7, 11) is -12.2. The van der Waals surface area contributed by atoms with Crippen LogP contribution in [0.2, 0.25) is 0 Å². The predicted molar refractivity (Wildman–Crippen MR) is 464 cm³/mol. The molecule has 4 aromatic heterocycles. The third-order valence-electron chi connectivity index (χ3n) is 21.3. The Morgan fingerprint density at radius 3 is 1.48 bits per heavy atom. The summed E-state index contributed by atoms with van der Waals surface area (Å²) >= 11 is 0. The number of rotatable bonds is 25. The molecule has 0 saturated heterocycles. The van der Waals surface area contributed by atoms with Crippen LogP contribution in [0.1, 0.15) is 85.4 Å². The van der Waals surface area contributed by atoms with Crippen LogP contribution in [0.5, 0.6) is 29.3 Å². The highest BCUT2D eigenvalue weighted by Crippen LogP contribution is 2.48. The van der Waals surface area contributed by atoms with E-state index in [4.69, 9.17) is 9.47 Å². The van der Waals surface area contributed by atoms with E-state index in [0.717, 1.165) is 28.8 Å². The van der Waals surface area contributed by atoms with Crippen molar-refractivity contribution in [3.8, 4) is 51.5 Å². The fourth-order valence-corrected chi connectivity index (χ4v) is 17.5. The van der Waals surface area contributed by atoms with Gasteiger partial charge in [-0.1, -0.05) is 115 Å². The minimum atomic E-state index is -5.14. The van der Waals surface area contributed by atoms with Crippen molar-refractivity contribution in [2.75, 3.05) is 39.7 Å². The minimum Gasteiger partial charge on any atom is -0.508 e. The second-order valence-corrected chi connectivity index (χ2v) is 33.4. The standard InChI is InChI=1S/C90H61N13O20S3/c1-102-66-31-29-63(73-75(66)71(59-15-6-8-17-61(59)81(73)107)77(83(102)109)79(105)45-11-4-3-5-12-45)93-53-24-33-68(125(116,117)118)52(38-53)43-70-96-86(99-89(97-70)122-56-28-23-47-39-55(104)26-21-49(47)41-56)91-35-36-92-87-98-88(101-90(100-87)123-57-27-22-46-37-51(85(111)112)20-19-48(46)40-57)94-54-25-34-69(126(119,120)121)65(44-54)95-64-30-32-67-76-72(60-16-7-9-18-62(60)82(108)74(64)76)78(84(110)103(67)2)80(106)50-13-10-14-58(42-50)124(113,114)115/h3-34,37-42,44,93,95,104H,35-36,43H2,1-2H3,(H,111,112)(H,113,114,115)(H,116,117,118)(H,119,120,121)(H,91,96,97,99)(H2,92,94,98,100,101). The first-order valence-electron chi connectivity index (χ1n) is 38.1. The first kappa shape index (κ1) is 80.9.